The summed E-state index contributed by atoms with van der Waals surface area (Å²) in [5.74, 6) is -0.128. The van der Waals surface area contributed by atoms with Gasteiger partial charge in [-0.2, -0.15) is 0 Å². The molecule has 5 nitrogen and oxygen atoms in total. The average Bonchev–Trinajstić information content (AvgIpc) is 2.89. The molecule has 1 heterocycles. The van der Waals surface area contributed by atoms with Crippen molar-refractivity contribution >= 4 is 12.0 Å². The van der Waals surface area contributed by atoms with Gasteiger partial charge >= 0.3 is 6.09 Å². The molecule has 2 unspecified atom stereocenters. The first kappa shape index (κ1) is 19.3. The molecule has 1 aromatic carbocycles. The van der Waals surface area contributed by atoms with E-state index in [9.17, 15) is 9.59 Å². The number of carbonyl (C=O) groups excluding carboxylic acids is 2. The molecule has 0 radical (unpaired) electrons. The Hall–Kier alpha value is -2.04. The number of nitrogens with zero attached hydrogens (tertiary/aromatic N) is 1. The molecule has 0 spiro atoms. The van der Waals surface area contributed by atoms with Crippen molar-refractivity contribution in [2.24, 2.45) is 0 Å². The second-order valence-electron chi connectivity index (χ2n) is 8.65. The Morgan fingerprint density at radius 3 is 2.16 bits per heavy atom. The number of benzene rings is 1. The van der Waals surface area contributed by atoms with Gasteiger partial charge in [-0.15, -0.1) is 0 Å². The Bertz CT molecular complexity index is 614. The summed E-state index contributed by atoms with van der Waals surface area (Å²) >= 11 is 0. The lowest BCUT2D eigenvalue weighted by atomic mass is 10.0. The number of hydrogen-bond acceptors (Lipinski definition) is 3. The zero-order chi connectivity index (χ0) is 18.8. The molecule has 1 aromatic rings. The van der Waals surface area contributed by atoms with Gasteiger partial charge in [0.2, 0.25) is 5.91 Å². The van der Waals surface area contributed by atoms with E-state index in [4.69, 9.17) is 4.74 Å². The van der Waals surface area contributed by atoms with E-state index >= 15 is 0 Å². The van der Waals surface area contributed by atoms with E-state index in [0.29, 0.717) is 6.42 Å². The summed E-state index contributed by atoms with van der Waals surface area (Å²) < 4.78 is 5.59. The highest BCUT2D eigenvalue weighted by molar-refractivity contribution is 5.87. The molecule has 1 saturated heterocycles. The Labute approximate surface area is 150 Å². The molecule has 2 amide bonds. The third kappa shape index (κ3) is 5.21. The number of hydrogen-bond donors (Lipinski definition) is 1. The van der Waals surface area contributed by atoms with E-state index in [-0.39, 0.29) is 17.5 Å². The summed E-state index contributed by atoms with van der Waals surface area (Å²) in [6.07, 6.45) is 0.930. The third-order valence-electron chi connectivity index (χ3n) is 3.97. The molecule has 0 saturated carbocycles. The van der Waals surface area contributed by atoms with Crippen molar-refractivity contribution in [3.63, 3.8) is 0 Å². The van der Waals surface area contributed by atoms with Crippen molar-refractivity contribution in [1.82, 2.24) is 10.2 Å². The van der Waals surface area contributed by atoms with Gasteiger partial charge < -0.3 is 10.1 Å². The molecule has 25 heavy (non-hydrogen) atoms. The van der Waals surface area contributed by atoms with Crippen LogP contribution in [0.4, 0.5) is 4.79 Å². The summed E-state index contributed by atoms with van der Waals surface area (Å²) in [5, 5.41) is 2.99. The molecule has 2 atom stereocenters. The number of amides is 2. The first-order chi connectivity index (χ1) is 11.5. The lowest BCUT2D eigenvalue weighted by Gasteiger charge is -2.33. The van der Waals surface area contributed by atoms with Crippen molar-refractivity contribution in [2.45, 2.75) is 77.6 Å². The third-order valence-corrected chi connectivity index (χ3v) is 3.97. The van der Waals surface area contributed by atoms with Crippen molar-refractivity contribution in [3.8, 4) is 0 Å². The topological polar surface area (TPSA) is 58.6 Å². The van der Waals surface area contributed by atoms with Gasteiger partial charge in [0.15, 0.2) is 0 Å². The monoisotopic (exact) mass is 346 g/mol. The number of likely N-dealkylation sites (tertiary alicyclic amines) is 1. The Balaban J connectivity index is 2.30. The van der Waals surface area contributed by atoms with E-state index in [1.165, 1.54) is 0 Å². The van der Waals surface area contributed by atoms with Crippen LogP contribution in [0.2, 0.25) is 0 Å². The summed E-state index contributed by atoms with van der Waals surface area (Å²) in [5.41, 5.74) is 0.0763. The summed E-state index contributed by atoms with van der Waals surface area (Å²) in [4.78, 5) is 27.2. The van der Waals surface area contributed by atoms with Crippen LogP contribution in [0.25, 0.3) is 0 Å². The second-order valence-corrected chi connectivity index (χ2v) is 8.65. The molecule has 0 bridgehead atoms. The quantitative estimate of drug-likeness (QED) is 0.879. The zero-order valence-electron chi connectivity index (χ0n) is 16.1. The van der Waals surface area contributed by atoms with Gasteiger partial charge in [0.25, 0.3) is 0 Å². The minimum Gasteiger partial charge on any atom is -0.444 e. The average molecular weight is 346 g/mol. The number of carbonyl (C=O) groups is 2. The number of rotatable bonds is 2. The predicted molar refractivity (Wildman–Crippen MR) is 98.2 cm³/mol. The molecule has 138 valence electrons. The Kier molecular flexibility index (Phi) is 5.45. The van der Waals surface area contributed by atoms with Crippen LogP contribution in [0.5, 0.6) is 0 Å². The van der Waals surface area contributed by atoms with Gasteiger partial charge in [0, 0.05) is 5.54 Å². The van der Waals surface area contributed by atoms with E-state index in [2.05, 4.69) is 5.32 Å². The van der Waals surface area contributed by atoms with Crippen LogP contribution in [0.3, 0.4) is 0 Å². The fourth-order valence-electron chi connectivity index (χ4n) is 3.09. The lowest BCUT2D eigenvalue weighted by molar-refractivity contribution is -0.127. The minimum atomic E-state index is -0.605. The summed E-state index contributed by atoms with van der Waals surface area (Å²) in [6.45, 7) is 11.3. The minimum absolute atomic E-state index is 0.128. The van der Waals surface area contributed by atoms with E-state index in [0.717, 1.165) is 12.0 Å². The number of nitrogens with one attached hydrogen (secondary N) is 1. The van der Waals surface area contributed by atoms with Crippen LogP contribution >= 0.6 is 0 Å². The molecule has 1 fully saturated rings. The standard InChI is InChI=1S/C20H30N2O3/c1-19(2,3)21-17(23)16-13-12-15(14-10-8-7-9-11-14)22(16)18(24)25-20(4,5)6/h7-11,15-16H,12-13H2,1-6H3,(H,21,23). The first-order valence-corrected chi connectivity index (χ1v) is 8.86. The maximum absolute atomic E-state index is 12.8. The van der Waals surface area contributed by atoms with Crippen molar-refractivity contribution in [2.75, 3.05) is 0 Å². The highest BCUT2D eigenvalue weighted by Crippen LogP contribution is 2.37. The normalized spacial score (nSPS) is 21.1. The van der Waals surface area contributed by atoms with Gasteiger partial charge in [0.1, 0.15) is 11.6 Å². The summed E-state index contributed by atoms with van der Waals surface area (Å²) in [6, 6.07) is 9.17. The van der Waals surface area contributed by atoms with Crippen LogP contribution in [0, 0.1) is 0 Å². The lowest BCUT2D eigenvalue weighted by Crippen LogP contribution is -2.52. The molecule has 2 rings (SSSR count). The molecule has 1 aliphatic rings. The van der Waals surface area contributed by atoms with E-state index < -0.39 is 17.7 Å². The molecule has 1 N–H and O–H groups in total. The number of ether oxygens (including phenoxy) is 1. The van der Waals surface area contributed by atoms with Crippen LogP contribution in [-0.2, 0) is 9.53 Å². The first-order valence-electron chi connectivity index (χ1n) is 8.86. The zero-order valence-corrected chi connectivity index (χ0v) is 16.1. The molecule has 0 aromatic heterocycles. The molecular weight excluding hydrogens is 316 g/mol. The van der Waals surface area contributed by atoms with Crippen molar-refractivity contribution < 1.29 is 14.3 Å². The van der Waals surface area contributed by atoms with Gasteiger partial charge in [-0.3, -0.25) is 9.69 Å². The SMILES string of the molecule is CC(C)(C)NC(=O)C1CCC(c2ccccc2)N1C(=O)OC(C)(C)C. The van der Waals surface area contributed by atoms with Crippen LogP contribution in [0.1, 0.15) is 66.0 Å². The maximum Gasteiger partial charge on any atom is 0.411 e. The van der Waals surface area contributed by atoms with Crippen LogP contribution in [-0.4, -0.2) is 34.1 Å². The van der Waals surface area contributed by atoms with Gasteiger partial charge in [-0.1, -0.05) is 30.3 Å². The molecular formula is C20H30N2O3. The Morgan fingerprint density at radius 2 is 1.64 bits per heavy atom. The fourth-order valence-corrected chi connectivity index (χ4v) is 3.09. The maximum atomic E-state index is 12.8. The highest BCUT2D eigenvalue weighted by atomic mass is 16.6. The summed E-state index contributed by atoms with van der Waals surface area (Å²) in [7, 11) is 0. The van der Waals surface area contributed by atoms with Crippen LogP contribution in [0.15, 0.2) is 30.3 Å². The molecule has 0 aliphatic carbocycles. The van der Waals surface area contributed by atoms with Gasteiger partial charge in [-0.05, 0) is 59.9 Å². The van der Waals surface area contributed by atoms with Gasteiger partial charge in [-0.25, -0.2) is 4.79 Å². The smallest absolute Gasteiger partial charge is 0.411 e. The predicted octanol–water partition coefficient (Wildman–Crippen LogP) is 4.04. The molecule has 1 aliphatic heterocycles. The second kappa shape index (κ2) is 7.06. The van der Waals surface area contributed by atoms with Crippen LogP contribution < -0.4 is 5.32 Å². The highest BCUT2D eigenvalue weighted by Gasteiger charge is 2.44. The van der Waals surface area contributed by atoms with E-state index in [1.54, 1.807) is 4.90 Å². The van der Waals surface area contributed by atoms with E-state index in [1.807, 2.05) is 71.9 Å². The van der Waals surface area contributed by atoms with Crippen molar-refractivity contribution in [3.05, 3.63) is 35.9 Å². The largest absolute Gasteiger partial charge is 0.444 e. The molecule has 5 heteroatoms. The van der Waals surface area contributed by atoms with Gasteiger partial charge in [0.05, 0.1) is 6.04 Å². The van der Waals surface area contributed by atoms with Crippen molar-refractivity contribution in [1.29, 1.82) is 0 Å². The Morgan fingerprint density at radius 1 is 1.04 bits per heavy atom. The fraction of sp³-hybridized carbons (Fsp3) is 0.600.